The monoisotopic (exact) mass is 1160 g/mol. The number of Topliss-reactive ketones (excluding diaryl/α,β-unsaturated/α-hetero) is 3. The molecule has 5 aliphatic heterocycles. The van der Waals surface area contributed by atoms with Crippen molar-refractivity contribution in [3.8, 4) is 11.5 Å². The number of ketones is 3. The van der Waals surface area contributed by atoms with E-state index in [-0.39, 0.29) is 75.9 Å². The Labute approximate surface area is 486 Å². The van der Waals surface area contributed by atoms with Crippen LogP contribution in [0.5, 0.6) is 11.5 Å². The molecule has 1 aromatic carbocycles. The van der Waals surface area contributed by atoms with E-state index in [0.29, 0.717) is 42.7 Å². The van der Waals surface area contributed by atoms with E-state index in [4.69, 9.17) is 18.9 Å². The molecule has 11 rings (SSSR count). The molecule has 0 spiro atoms. The number of piperidine rings is 1. The number of aromatic hydroxyl groups is 1. The van der Waals surface area contributed by atoms with Crippen molar-refractivity contribution < 1.29 is 72.5 Å². The van der Waals surface area contributed by atoms with Gasteiger partial charge in [0, 0.05) is 93.5 Å². The number of phenolic OH excluding ortho intramolecular Hbond substituents is 1. The zero-order chi connectivity index (χ0) is 60.8. The number of aromatic carboxylic acids is 1. The number of aromatic nitrogens is 1. The third-order valence-electron chi connectivity index (χ3n) is 19.0. The standard InChI is InChI=1S/C63H76FN5O15/c1-29-12-11-13-30(2)59(77)65-47-50(67-23-17-39(18-24-67)66-63(20-21-63)38-16-22-68(27-38)49-32(4)48-40(37-14-15-37)26-41(61(79)80)60(78)69(48)28-42(49)64)55(75)44-45(54(47)74)53(73)35(7)57-46(44)58(76)62(9,84-57)82-25-19-43(81-10)31(3)56(83-36(8)70)34(6)52(72)33(5)51(29)71/h11-13,19,25-26,28-29,31,33-34,37-39,43,51-52,56,66,71-73H,14-18,20-24,27H2,1-10H3,(H,65,77)(H,79,80)/b12-11+,25-19+,30-13-/t29-,31+,33+,34+,38?,43-,51-,52+,56+,62-/m0/s1. The highest BCUT2D eigenvalue weighted by molar-refractivity contribution is 6.32. The number of amides is 1. The number of halogens is 1. The van der Waals surface area contributed by atoms with E-state index in [1.165, 1.54) is 59.3 Å². The van der Waals surface area contributed by atoms with E-state index in [1.807, 2.05) is 4.90 Å². The molecule has 8 aliphatic rings. The number of carboxylic acid groups (broad SMARTS) is 1. The Morgan fingerprint density at radius 1 is 0.857 bits per heavy atom. The van der Waals surface area contributed by atoms with E-state index in [2.05, 4.69) is 10.6 Å². The molecule has 5 bridgehead atoms. The van der Waals surface area contributed by atoms with Gasteiger partial charge in [-0.15, -0.1) is 0 Å². The van der Waals surface area contributed by atoms with Crippen LogP contribution in [0.4, 0.5) is 10.1 Å². The summed E-state index contributed by atoms with van der Waals surface area (Å²) in [4.78, 5) is 101. The molecule has 21 heteroatoms. The number of hydrogen-bond donors (Lipinski definition) is 6. The molecule has 1 amide bonds. The molecule has 2 aromatic heterocycles. The van der Waals surface area contributed by atoms with Gasteiger partial charge in [-0.3, -0.25) is 33.2 Å². The number of hydrogen-bond acceptors (Lipinski definition) is 17. The number of aryl methyl sites for hydroxylation is 1. The summed E-state index contributed by atoms with van der Waals surface area (Å²) in [5.74, 6) is -11.3. The van der Waals surface area contributed by atoms with E-state index >= 15 is 14.0 Å². The number of ether oxygens (including phenoxy) is 4. The fourth-order valence-electron chi connectivity index (χ4n) is 13.7. The van der Waals surface area contributed by atoms with Crippen molar-refractivity contribution in [2.45, 2.75) is 155 Å². The Kier molecular flexibility index (Phi) is 16.2. The Hall–Kier alpha value is -7.20. The average molecular weight is 1160 g/mol. The number of carbonyl (C=O) groups excluding carboxylic acids is 5. The number of nitrogens with zero attached hydrogens (tertiary/aromatic N) is 3. The number of likely N-dealkylation sites (tertiary alicyclic amines) is 1. The summed E-state index contributed by atoms with van der Waals surface area (Å²) in [5, 5.41) is 51.6. The Balaban J connectivity index is 0.939. The summed E-state index contributed by atoms with van der Waals surface area (Å²) in [6, 6.07) is 1.40. The van der Waals surface area contributed by atoms with Crippen LogP contribution >= 0.6 is 0 Å². The second-order valence-corrected chi connectivity index (χ2v) is 24.6. The number of nitrogens with one attached hydrogen (secondary N) is 2. The summed E-state index contributed by atoms with van der Waals surface area (Å²) in [6.45, 7) is 15.7. The van der Waals surface area contributed by atoms with Gasteiger partial charge in [-0.05, 0) is 101 Å². The lowest BCUT2D eigenvalue weighted by Crippen LogP contribution is -2.51. The van der Waals surface area contributed by atoms with Gasteiger partial charge in [-0.25, -0.2) is 9.18 Å². The van der Waals surface area contributed by atoms with Crippen LogP contribution in [0.3, 0.4) is 0 Å². The number of fused-ring (bicyclic) bond motifs is 15. The number of rotatable bonds is 9. The normalized spacial score (nSPS) is 30.9. The van der Waals surface area contributed by atoms with Crippen LogP contribution in [-0.2, 0) is 23.8 Å². The van der Waals surface area contributed by atoms with Gasteiger partial charge in [0.1, 0.15) is 34.6 Å². The topological polar surface area (TPSA) is 272 Å². The maximum atomic E-state index is 16.3. The van der Waals surface area contributed by atoms with Crippen LogP contribution in [-0.4, -0.2) is 140 Å². The molecule has 6 N–H and O–H groups in total. The Bertz CT molecular complexity index is 3460. The highest BCUT2D eigenvalue weighted by Crippen LogP contribution is 2.51. The number of aliphatic hydroxyl groups is 2. The number of anilines is 1. The highest BCUT2D eigenvalue weighted by Gasteiger charge is 2.55. The molecule has 2 saturated carbocycles. The molecular formula is C63H76FN5O15. The quantitative estimate of drug-likeness (QED) is 0.122. The van der Waals surface area contributed by atoms with Crippen molar-refractivity contribution in [3.05, 3.63) is 115 Å². The van der Waals surface area contributed by atoms with Gasteiger partial charge in [0.05, 0.1) is 58.7 Å². The molecule has 84 heavy (non-hydrogen) atoms. The van der Waals surface area contributed by atoms with E-state index in [0.717, 1.165) is 48.3 Å². The van der Waals surface area contributed by atoms with Crippen LogP contribution in [0.25, 0.3) is 5.52 Å². The van der Waals surface area contributed by atoms with Gasteiger partial charge >= 0.3 is 17.7 Å². The molecule has 1 unspecified atom stereocenters. The summed E-state index contributed by atoms with van der Waals surface area (Å²) < 4.78 is 41.4. The molecule has 3 aliphatic carbocycles. The summed E-state index contributed by atoms with van der Waals surface area (Å²) in [6.07, 6.45) is 9.61. The van der Waals surface area contributed by atoms with Crippen molar-refractivity contribution in [2.75, 3.05) is 38.2 Å². The number of benzene rings is 1. The molecular weight excluding hydrogens is 1090 g/mol. The van der Waals surface area contributed by atoms with Gasteiger partial charge in [-0.2, -0.15) is 0 Å². The minimum absolute atomic E-state index is 0.0273. The lowest BCUT2D eigenvalue weighted by atomic mass is 9.78. The first-order chi connectivity index (χ1) is 39.7. The minimum atomic E-state index is -2.14. The van der Waals surface area contributed by atoms with E-state index in [1.54, 1.807) is 51.7 Å². The van der Waals surface area contributed by atoms with Crippen molar-refractivity contribution >= 4 is 46.4 Å². The van der Waals surface area contributed by atoms with Gasteiger partial charge in [0.25, 0.3) is 17.2 Å². The average Bonchev–Trinajstić information content (AvgIpc) is 1.55. The minimum Gasteiger partial charge on any atom is -0.507 e. The number of esters is 1. The predicted molar refractivity (Wildman–Crippen MR) is 305 cm³/mol. The lowest BCUT2D eigenvalue weighted by Gasteiger charge is -2.39. The SMILES string of the molecule is CO[C@H]1/C=C/O[C@@]2(C)Oc3c(C)c(O)c4c(c3C2=O)C(=O)C(N2CCC(NC3(C5CCN(c6c(F)cn7c(=O)c(C(=O)O)cc(C8CC8)c7c6C)C5)CC3)CC2)=C(NC(=O)/C(C)=C\C=C\[C@H](C)[C@H](O)[C@@H](C)[C@@H](O)[C@@H](C)[C@H](OC(C)=O)[C@@H]1C)C4=O. The van der Waals surface area contributed by atoms with Gasteiger partial charge in [0.15, 0.2) is 5.82 Å². The summed E-state index contributed by atoms with van der Waals surface area (Å²) in [7, 11) is 1.42. The first kappa shape index (κ1) is 59.9. The number of allylic oxidation sites excluding steroid dienone is 4. The van der Waals surface area contributed by atoms with Crippen LogP contribution in [0, 0.1) is 49.3 Å². The molecule has 10 atom stereocenters. The fourth-order valence-corrected chi connectivity index (χ4v) is 13.7. The molecule has 4 fully saturated rings. The number of carboxylic acids is 1. The molecule has 3 aromatic rings. The van der Waals surface area contributed by atoms with Crippen LogP contribution in [0.1, 0.15) is 157 Å². The zero-order valence-corrected chi connectivity index (χ0v) is 49.2. The molecule has 2 saturated heterocycles. The summed E-state index contributed by atoms with van der Waals surface area (Å²) in [5.41, 5.74) is -0.791. The van der Waals surface area contributed by atoms with Crippen LogP contribution in [0.2, 0.25) is 0 Å². The third-order valence-corrected chi connectivity index (χ3v) is 19.0. The first-order valence-electron chi connectivity index (χ1n) is 29.2. The predicted octanol–water partition coefficient (Wildman–Crippen LogP) is 6.71. The van der Waals surface area contributed by atoms with Gasteiger partial charge in [-0.1, -0.05) is 45.9 Å². The van der Waals surface area contributed by atoms with Crippen molar-refractivity contribution in [2.24, 2.45) is 29.6 Å². The number of phenols is 1. The third kappa shape index (κ3) is 10.5. The van der Waals surface area contributed by atoms with Crippen molar-refractivity contribution in [1.82, 2.24) is 19.9 Å². The largest absolute Gasteiger partial charge is 0.507 e. The smallest absolute Gasteiger partial charge is 0.341 e. The molecule has 450 valence electrons. The maximum absolute atomic E-state index is 16.3. The Morgan fingerprint density at radius 2 is 1.54 bits per heavy atom. The number of carbonyl (C=O) groups is 6. The molecule has 20 nitrogen and oxygen atoms in total. The fraction of sp³-hybridized carbons (Fsp3) is 0.540. The van der Waals surface area contributed by atoms with Gasteiger partial charge in [0.2, 0.25) is 11.6 Å². The second kappa shape index (κ2) is 22.7. The van der Waals surface area contributed by atoms with E-state index < -0.39 is 117 Å². The van der Waals surface area contributed by atoms with E-state index in [9.17, 15) is 44.4 Å². The molecule has 0 radical (unpaired) electrons. The maximum Gasteiger partial charge on any atom is 0.341 e. The zero-order valence-electron chi connectivity index (χ0n) is 49.2. The highest BCUT2D eigenvalue weighted by atomic mass is 19.1. The summed E-state index contributed by atoms with van der Waals surface area (Å²) >= 11 is 0. The number of methoxy groups -OCH3 is 1. The second-order valence-electron chi connectivity index (χ2n) is 24.6. The van der Waals surface area contributed by atoms with Crippen LogP contribution in [0.15, 0.2) is 64.6 Å². The van der Waals surface area contributed by atoms with Gasteiger partial charge < -0.3 is 59.8 Å². The number of aliphatic hydroxyl groups excluding tert-OH is 2. The number of pyridine rings is 2. The Morgan fingerprint density at radius 3 is 2.17 bits per heavy atom. The van der Waals surface area contributed by atoms with Crippen molar-refractivity contribution in [1.29, 1.82) is 0 Å². The molecule has 7 heterocycles. The van der Waals surface area contributed by atoms with Crippen LogP contribution < -0.4 is 25.8 Å². The first-order valence-corrected chi connectivity index (χ1v) is 29.2. The van der Waals surface area contributed by atoms with Crippen molar-refractivity contribution in [3.63, 3.8) is 0 Å². The lowest BCUT2D eigenvalue weighted by molar-refractivity contribution is -0.160.